The largest absolute Gasteiger partial charge is 0.497 e. The Morgan fingerprint density at radius 3 is 2.52 bits per heavy atom. The summed E-state index contributed by atoms with van der Waals surface area (Å²) >= 11 is 0. The van der Waals surface area contributed by atoms with E-state index in [1.165, 1.54) is 16.7 Å². The maximum absolute atomic E-state index is 5.24. The van der Waals surface area contributed by atoms with Crippen LogP contribution in [-0.2, 0) is 13.0 Å². The molecule has 0 bridgehead atoms. The molecule has 0 spiro atoms. The molecule has 0 saturated carbocycles. The summed E-state index contributed by atoms with van der Waals surface area (Å²) in [6, 6.07) is 16.6. The second-order valence-corrected chi connectivity index (χ2v) is 5.44. The Kier molecular flexibility index (Phi) is 6.48. The van der Waals surface area contributed by atoms with Crippen LogP contribution in [0.1, 0.15) is 16.7 Å². The van der Waals surface area contributed by atoms with Gasteiger partial charge in [0, 0.05) is 20.1 Å². The van der Waals surface area contributed by atoms with Gasteiger partial charge in [0.1, 0.15) is 5.75 Å². The fourth-order valence-corrected chi connectivity index (χ4v) is 2.27. The minimum absolute atomic E-state index is 0.763. The molecule has 4 heteroatoms. The molecule has 23 heavy (non-hydrogen) atoms. The zero-order chi connectivity index (χ0) is 16.5. The Bertz CT molecular complexity index is 635. The molecule has 0 unspecified atom stereocenters. The molecule has 0 aliphatic carbocycles. The van der Waals surface area contributed by atoms with Crippen LogP contribution in [0.2, 0.25) is 0 Å². The maximum Gasteiger partial charge on any atom is 0.191 e. The number of ether oxygens (including phenoxy) is 1. The van der Waals surface area contributed by atoms with Crippen LogP contribution in [-0.4, -0.2) is 26.7 Å². The predicted molar refractivity (Wildman–Crippen MR) is 96.1 cm³/mol. The fourth-order valence-electron chi connectivity index (χ4n) is 2.27. The van der Waals surface area contributed by atoms with Gasteiger partial charge in [-0.1, -0.05) is 42.0 Å². The third kappa shape index (κ3) is 5.66. The Labute approximate surface area is 138 Å². The fraction of sp³-hybridized carbons (Fsp3) is 0.316. The number of aliphatic imine (C=N–C) groups is 1. The van der Waals surface area contributed by atoms with Crippen molar-refractivity contribution in [2.75, 3.05) is 20.7 Å². The van der Waals surface area contributed by atoms with Gasteiger partial charge in [-0.15, -0.1) is 0 Å². The lowest BCUT2D eigenvalue weighted by molar-refractivity contribution is 0.414. The van der Waals surface area contributed by atoms with Crippen LogP contribution in [0, 0.1) is 6.92 Å². The lowest BCUT2D eigenvalue weighted by atomic mass is 10.1. The summed E-state index contributed by atoms with van der Waals surface area (Å²) in [4.78, 5) is 4.26. The zero-order valence-corrected chi connectivity index (χ0v) is 14.1. The van der Waals surface area contributed by atoms with E-state index in [0.29, 0.717) is 0 Å². The first-order valence-corrected chi connectivity index (χ1v) is 7.84. The van der Waals surface area contributed by atoms with Gasteiger partial charge < -0.3 is 15.4 Å². The maximum atomic E-state index is 5.24. The van der Waals surface area contributed by atoms with Gasteiger partial charge in [-0.2, -0.15) is 0 Å². The van der Waals surface area contributed by atoms with Crippen LogP contribution in [0.3, 0.4) is 0 Å². The number of rotatable bonds is 6. The molecule has 0 aliphatic rings. The lowest BCUT2D eigenvalue weighted by Gasteiger charge is -2.12. The normalized spacial score (nSPS) is 11.2. The van der Waals surface area contributed by atoms with Gasteiger partial charge in [0.25, 0.3) is 0 Å². The first-order valence-electron chi connectivity index (χ1n) is 7.84. The molecule has 122 valence electrons. The smallest absolute Gasteiger partial charge is 0.191 e. The van der Waals surface area contributed by atoms with Crippen molar-refractivity contribution in [2.24, 2.45) is 4.99 Å². The number of aryl methyl sites for hydroxylation is 1. The number of guanidine groups is 1. The lowest BCUT2D eigenvalue weighted by Crippen LogP contribution is -2.37. The number of hydrogen-bond acceptors (Lipinski definition) is 2. The van der Waals surface area contributed by atoms with Crippen molar-refractivity contribution >= 4 is 5.96 Å². The summed E-state index contributed by atoms with van der Waals surface area (Å²) in [5.74, 6) is 1.71. The molecule has 2 aromatic carbocycles. The molecule has 0 amide bonds. The van der Waals surface area contributed by atoms with Crippen LogP contribution in [0.15, 0.2) is 53.5 Å². The Hall–Kier alpha value is -2.49. The minimum atomic E-state index is 0.763. The summed E-state index contributed by atoms with van der Waals surface area (Å²) in [6.45, 7) is 3.68. The molecule has 0 heterocycles. The molecule has 0 fully saturated rings. The van der Waals surface area contributed by atoms with E-state index in [9.17, 15) is 0 Å². The van der Waals surface area contributed by atoms with Gasteiger partial charge >= 0.3 is 0 Å². The quantitative estimate of drug-likeness (QED) is 0.637. The van der Waals surface area contributed by atoms with Gasteiger partial charge in [-0.05, 0) is 36.6 Å². The second kappa shape index (κ2) is 8.83. The van der Waals surface area contributed by atoms with E-state index < -0.39 is 0 Å². The highest BCUT2D eigenvalue weighted by Crippen LogP contribution is 2.12. The van der Waals surface area contributed by atoms with Gasteiger partial charge in [-0.25, -0.2) is 0 Å². The molecular formula is C19H25N3O. The van der Waals surface area contributed by atoms with Crippen LogP contribution in [0.5, 0.6) is 5.75 Å². The SMILES string of the molecule is CN=C(NCCc1cccc(OC)c1)NCc1ccc(C)cc1. The molecule has 2 aromatic rings. The molecule has 2 rings (SSSR count). The summed E-state index contributed by atoms with van der Waals surface area (Å²) in [5, 5.41) is 6.66. The van der Waals surface area contributed by atoms with E-state index in [0.717, 1.165) is 31.2 Å². The van der Waals surface area contributed by atoms with E-state index >= 15 is 0 Å². The first kappa shape index (κ1) is 16.9. The number of methoxy groups -OCH3 is 1. The molecular weight excluding hydrogens is 286 g/mol. The molecule has 2 N–H and O–H groups in total. The summed E-state index contributed by atoms with van der Waals surface area (Å²) in [6.07, 6.45) is 0.919. The van der Waals surface area contributed by atoms with Crippen LogP contribution in [0.25, 0.3) is 0 Å². The number of nitrogens with one attached hydrogen (secondary N) is 2. The topological polar surface area (TPSA) is 45.7 Å². The van der Waals surface area contributed by atoms with E-state index in [2.05, 4.69) is 58.9 Å². The molecule has 0 saturated heterocycles. The van der Waals surface area contributed by atoms with Crippen molar-refractivity contribution in [1.29, 1.82) is 0 Å². The third-order valence-electron chi connectivity index (χ3n) is 3.64. The molecule has 4 nitrogen and oxygen atoms in total. The average Bonchev–Trinajstić information content (AvgIpc) is 2.59. The van der Waals surface area contributed by atoms with Crippen molar-refractivity contribution in [3.63, 3.8) is 0 Å². The number of hydrogen-bond donors (Lipinski definition) is 2. The van der Waals surface area contributed by atoms with Gasteiger partial charge in [0.2, 0.25) is 0 Å². The van der Waals surface area contributed by atoms with Crippen molar-refractivity contribution < 1.29 is 4.74 Å². The van der Waals surface area contributed by atoms with Crippen molar-refractivity contribution in [1.82, 2.24) is 10.6 Å². The zero-order valence-electron chi connectivity index (χ0n) is 14.1. The van der Waals surface area contributed by atoms with E-state index in [1.807, 2.05) is 12.1 Å². The predicted octanol–water partition coefficient (Wildman–Crippen LogP) is 2.91. The molecule has 0 radical (unpaired) electrons. The van der Waals surface area contributed by atoms with Crippen molar-refractivity contribution in [3.05, 3.63) is 65.2 Å². The van der Waals surface area contributed by atoms with E-state index in [1.54, 1.807) is 14.2 Å². The highest BCUT2D eigenvalue weighted by molar-refractivity contribution is 5.79. The minimum Gasteiger partial charge on any atom is -0.497 e. The number of nitrogens with zero attached hydrogens (tertiary/aromatic N) is 1. The Morgan fingerprint density at radius 2 is 1.83 bits per heavy atom. The average molecular weight is 311 g/mol. The molecule has 0 aromatic heterocycles. The monoisotopic (exact) mass is 311 g/mol. The Balaban J connectivity index is 1.77. The molecule has 0 atom stereocenters. The summed E-state index contributed by atoms with van der Waals surface area (Å²) in [7, 11) is 3.48. The van der Waals surface area contributed by atoms with Gasteiger partial charge in [0.15, 0.2) is 5.96 Å². The van der Waals surface area contributed by atoms with Crippen molar-refractivity contribution in [2.45, 2.75) is 19.9 Å². The van der Waals surface area contributed by atoms with Crippen LogP contribution < -0.4 is 15.4 Å². The summed E-state index contributed by atoms with van der Waals surface area (Å²) in [5.41, 5.74) is 3.76. The first-order chi connectivity index (χ1) is 11.2. The number of benzene rings is 2. The highest BCUT2D eigenvalue weighted by Gasteiger charge is 2.00. The van der Waals surface area contributed by atoms with Gasteiger partial charge in [0.05, 0.1) is 7.11 Å². The van der Waals surface area contributed by atoms with Gasteiger partial charge in [-0.3, -0.25) is 4.99 Å². The molecule has 0 aliphatic heterocycles. The van der Waals surface area contributed by atoms with E-state index in [4.69, 9.17) is 4.74 Å². The highest BCUT2D eigenvalue weighted by atomic mass is 16.5. The van der Waals surface area contributed by atoms with E-state index in [-0.39, 0.29) is 0 Å². The second-order valence-electron chi connectivity index (χ2n) is 5.44. The standard InChI is InChI=1S/C19H25N3O/c1-15-7-9-17(10-8-15)14-22-19(20-2)21-12-11-16-5-4-6-18(13-16)23-3/h4-10,13H,11-12,14H2,1-3H3,(H2,20,21,22). The Morgan fingerprint density at radius 1 is 1.04 bits per heavy atom. The van der Waals surface area contributed by atoms with Crippen LogP contribution >= 0.6 is 0 Å². The van der Waals surface area contributed by atoms with Crippen molar-refractivity contribution in [3.8, 4) is 5.75 Å². The third-order valence-corrected chi connectivity index (χ3v) is 3.64. The summed E-state index contributed by atoms with van der Waals surface area (Å²) < 4.78 is 5.24. The van der Waals surface area contributed by atoms with Crippen LogP contribution in [0.4, 0.5) is 0 Å².